The summed E-state index contributed by atoms with van der Waals surface area (Å²) in [6.07, 6.45) is 14.2. The largest absolute Gasteiger partial charge is 0.399 e. The van der Waals surface area contributed by atoms with Gasteiger partial charge in [-0.2, -0.15) is 0 Å². The van der Waals surface area contributed by atoms with Crippen LogP contribution in [-0.4, -0.2) is 0 Å². The molecule has 0 aromatic heterocycles. The van der Waals surface area contributed by atoms with Crippen LogP contribution in [0.5, 0.6) is 0 Å². The molecule has 1 fully saturated rings. The van der Waals surface area contributed by atoms with Crippen LogP contribution in [0.2, 0.25) is 0 Å². The minimum absolute atomic E-state index is 0.387. The normalized spacial score (nSPS) is 25.2. The Morgan fingerprint density at radius 3 is 2.54 bits per heavy atom. The first-order chi connectivity index (χ1) is 11.6. The van der Waals surface area contributed by atoms with E-state index in [2.05, 4.69) is 67.6 Å². The summed E-state index contributed by atoms with van der Waals surface area (Å²) >= 11 is 0. The van der Waals surface area contributed by atoms with E-state index in [4.69, 9.17) is 5.73 Å². The molecule has 2 aromatic rings. The Hall–Kier alpha value is -2.54. The lowest BCUT2D eigenvalue weighted by molar-refractivity contribution is 0.148. The summed E-state index contributed by atoms with van der Waals surface area (Å²) in [5.41, 5.74) is 12.0. The summed E-state index contributed by atoms with van der Waals surface area (Å²) in [5, 5.41) is 0. The van der Waals surface area contributed by atoms with Gasteiger partial charge in [0.1, 0.15) is 0 Å². The van der Waals surface area contributed by atoms with Gasteiger partial charge in [0, 0.05) is 5.69 Å². The first kappa shape index (κ1) is 15.0. The van der Waals surface area contributed by atoms with E-state index >= 15 is 0 Å². The molecule has 0 radical (unpaired) electrons. The highest BCUT2D eigenvalue weighted by Crippen LogP contribution is 2.51. The number of allylic oxidation sites excluding steroid dienone is 5. The predicted octanol–water partition coefficient (Wildman–Crippen LogP) is 5.86. The monoisotopic (exact) mass is 313 g/mol. The van der Waals surface area contributed by atoms with E-state index in [0.29, 0.717) is 5.41 Å². The van der Waals surface area contributed by atoms with Crippen molar-refractivity contribution in [3.8, 4) is 11.1 Å². The average molecular weight is 313 g/mol. The fourth-order valence-electron chi connectivity index (χ4n) is 3.75. The summed E-state index contributed by atoms with van der Waals surface area (Å²) in [6.45, 7) is 2.37. The summed E-state index contributed by atoms with van der Waals surface area (Å²) in [6, 6.07) is 16.6. The summed E-state index contributed by atoms with van der Waals surface area (Å²) in [5.74, 6) is 0.751. The van der Waals surface area contributed by atoms with E-state index < -0.39 is 0 Å². The van der Waals surface area contributed by atoms with Gasteiger partial charge in [0.15, 0.2) is 0 Å². The zero-order valence-electron chi connectivity index (χ0n) is 14.1. The van der Waals surface area contributed by atoms with E-state index in [-0.39, 0.29) is 0 Å². The summed E-state index contributed by atoms with van der Waals surface area (Å²) < 4.78 is 0. The van der Waals surface area contributed by atoms with Crippen LogP contribution in [0.15, 0.2) is 78.4 Å². The Bertz CT molecular complexity index is 856. The number of fused-ring (bicyclic) bond motifs is 1. The molecule has 0 aliphatic heterocycles. The molecule has 2 N–H and O–H groups in total. The lowest BCUT2D eigenvalue weighted by Gasteiger charge is -2.46. The third-order valence-electron chi connectivity index (χ3n) is 5.43. The molecule has 4 rings (SSSR count). The maximum Gasteiger partial charge on any atom is 0.0320 e. The molecule has 0 saturated heterocycles. The van der Waals surface area contributed by atoms with Crippen molar-refractivity contribution in [1.82, 2.24) is 0 Å². The van der Waals surface area contributed by atoms with Gasteiger partial charge in [0.2, 0.25) is 0 Å². The Labute approximate surface area is 144 Å². The van der Waals surface area contributed by atoms with Crippen molar-refractivity contribution in [3.05, 3.63) is 84.0 Å². The van der Waals surface area contributed by atoms with E-state index in [1.54, 1.807) is 0 Å². The molecular weight excluding hydrogens is 290 g/mol. The third kappa shape index (κ3) is 2.82. The van der Waals surface area contributed by atoms with Gasteiger partial charge in [-0.25, -0.2) is 0 Å². The van der Waals surface area contributed by atoms with Crippen LogP contribution in [0.25, 0.3) is 17.2 Å². The minimum atomic E-state index is 0.387. The number of anilines is 1. The van der Waals surface area contributed by atoms with E-state index in [1.807, 2.05) is 18.2 Å². The maximum atomic E-state index is 5.90. The van der Waals surface area contributed by atoms with Crippen molar-refractivity contribution in [2.75, 3.05) is 5.73 Å². The van der Waals surface area contributed by atoms with Crippen LogP contribution in [0.1, 0.15) is 25.3 Å². The molecule has 1 heteroatoms. The molecule has 2 aliphatic rings. The first-order valence-electron chi connectivity index (χ1n) is 8.68. The third-order valence-corrected chi connectivity index (χ3v) is 5.43. The molecule has 2 aromatic carbocycles. The van der Waals surface area contributed by atoms with Crippen LogP contribution in [0.4, 0.5) is 5.69 Å². The number of hydrogen-bond donors (Lipinski definition) is 1. The van der Waals surface area contributed by atoms with Crippen molar-refractivity contribution >= 4 is 11.8 Å². The van der Waals surface area contributed by atoms with Crippen LogP contribution in [0.3, 0.4) is 0 Å². The second kappa shape index (κ2) is 5.83. The molecule has 1 saturated carbocycles. The van der Waals surface area contributed by atoms with E-state index in [9.17, 15) is 0 Å². The number of benzene rings is 2. The standard InChI is InChI=1S/C23H23N/c1-23-13-12-21(23)11-10-18(16-23)9-8-17-4-2-5-19(14-17)20-6-3-7-22(24)15-20/h2-11,14-16,21H,12-13,24H2,1H3/b9-8+. The summed E-state index contributed by atoms with van der Waals surface area (Å²) in [4.78, 5) is 0. The van der Waals surface area contributed by atoms with Crippen LogP contribution < -0.4 is 5.73 Å². The molecule has 2 atom stereocenters. The Morgan fingerprint density at radius 1 is 1.04 bits per heavy atom. The first-order valence-corrected chi connectivity index (χ1v) is 8.68. The van der Waals surface area contributed by atoms with Crippen LogP contribution in [0, 0.1) is 11.3 Å². The van der Waals surface area contributed by atoms with E-state index in [1.165, 1.54) is 29.5 Å². The second-order valence-electron chi connectivity index (χ2n) is 7.24. The van der Waals surface area contributed by atoms with E-state index in [0.717, 1.165) is 17.2 Å². The topological polar surface area (TPSA) is 26.0 Å². The Balaban J connectivity index is 1.57. The van der Waals surface area contributed by atoms with Crippen LogP contribution in [-0.2, 0) is 0 Å². The van der Waals surface area contributed by atoms with Crippen molar-refractivity contribution < 1.29 is 0 Å². The maximum absolute atomic E-state index is 5.90. The molecule has 120 valence electrons. The zero-order valence-corrected chi connectivity index (χ0v) is 14.1. The highest BCUT2D eigenvalue weighted by Gasteiger charge is 2.40. The molecule has 24 heavy (non-hydrogen) atoms. The summed E-state index contributed by atoms with van der Waals surface area (Å²) in [7, 11) is 0. The van der Waals surface area contributed by atoms with Gasteiger partial charge in [0.25, 0.3) is 0 Å². The van der Waals surface area contributed by atoms with Gasteiger partial charge in [-0.3, -0.25) is 0 Å². The molecule has 0 bridgehead atoms. The van der Waals surface area contributed by atoms with Crippen molar-refractivity contribution in [3.63, 3.8) is 0 Å². The van der Waals surface area contributed by atoms with Crippen molar-refractivity contribution in [1.29, 1.82) is 0 Å². The number of hydrogen-bond acceptors (Lipinski definition) is 1. The Kier molecular flexibility index (Phi) is 3.65. The minimum Gasteiger partial charge on any atom is -0.399 e. The number of nitrogen functional groups attached to an aromatic ring is 1. The lowest BCUT2D eigenvalue weighted by atomic mass is 9.59. The van der Waals surface area contributed by atoms with Gasteiger partial charge in [-0.05, 0) is 64.6 Å². The molecule has 2 unspecified atom stereocenters. The van der Waals surface area contributed by atoms with Gasteiger partial charge in [0.05, 0.1) is 0 Å². The zero-order chi connectivity index (χ0) is 16.6. The number of rotatable bonds is 3. The molecule has 2 aliphatic carbocycles. The van der Waals surface area contributed by atoms with Crippen molar-refractivity contribution in [2.45, 2.75) is 19.8 Å². The highest BCUT2D eigenvalue weighted by atomic mass is 14.5. The predicted molar refractivity (Wildman–Crippen MR) is 103 cm³/mol. The average Bonchev–Trinajstić information content (AvgIpc) is 2.58. The second-order valence-corrected chi connectivity index (χ2v) is 7.24. The fraction of sp³-hybridized carbons (Fsp3) is 0.217. The molecule has 1 nitrogen and oxygen atoms in total. The van der Waals surface area contributed by atoms with Gasteiger partial charge >= 0.3 is 0 Å². The highest BCUT2D eigenvalue weighted by molar-refractivity contribution is 5.70. The van der Waals surface area contributed by atoms with Gasteiger partial charge in [-0.15, -0.1) is 0 Å². The quantitative estimate of drug-likeness (QED) is 0.705. The van der Waals surface area contributed by atoms with Crippen LogP contribution >= 0.6 is 0 Å². The smallest absolute Gasteiger partial charge is 0.0320 e. The molecule has 0 amide bonds. The molecule has 0 heterocycles. The molecular formula is C23H23N. The SMILES string of the molecule is CC12C=C(/C=C/c3cccc(-c4cccc(N)c4)c3)C=CC1CC2. The van der Waals surface area contributed by atoms with Crippen molar-refractivity contribution in [2.24, 2.45) is 11.3 Å². The fourth-order valence-corrected chi connectivity index (χ4v) is 3.75. The number of nitrogens with two attached hydrogens (primary N) is 1. The lowest BCUT2D eigenvalue weighted by Crippen LogP contribution is -2.35. The van der Waals surface area contributed by atoms with Gasteiger partial charge < -0.3 is 5.73 Å². The van der Waals surface area contributed by atoms with Gasteiger partial charge in [-0.1, -0.05) is 67.6 Å². The molecule has 0 spiro atoms. The Morgan fingerprint density at radius 2 is 1.83 bits per heavy atom.